The Labute approximate surface area is 177 Å². The number of likely N-dealkylation sites (tertiary alicyclic amines) is 1. The molecule has 2 aliphatic heterocycles. The van der Waals surface area contributed by atoms with Crippen LogP contribution in [0.3, 0.4) is 0 Å². The van der Waals surface area contributed by atoms with Crippen LogP contribution in [0.1, 0.15) is 48.8 Å². The van der Waals surface area contributed by atoms with Crippen molar-refractivity contribution in [1.82, 2.24) is 34.8 Å². The Bertz CT molecular complexity index is 780. The van der Waals surface area contributed by atoms with Crippen LogP contribution in [0.2, 0.25) is 0 Å². The van der Waals surface area contributed by atoms with E-state index in [1.165, 1.54) is 24.8 Å². The zero-order valence-corrected chi connectivity index (χ0v) is 18.5. The minimum Gasteiger partial charge on any atom is -0.349 e. The Balaban J connectivity index is 0.00000210. The standard InChI is InChI=1S/C18H28N8.HI/c1-19-18(25-9-7-14(13-25)15-10-21-24(2)12-15)20-11-17-23-22-16-6-4-3-5-8-26(16)17;/h10,12,14H,3-9,11,13H2,1-2H3,(H,19,20);1H. The molecule has 4 rings (SSSR count). The lowest BCUT2D eigenvalue weighted by Gasteiger charge is -2.21. The summed E-state index contributed by atoms with van der Waals surface area (Å²) in [6.07, 6.45) is 9.99. The molecule has 0 saturated carbocycles. The molecule has 2 aliphatic rings. The number of fused-ring (bicyclic) bond motifs is 1. The number of guanidine groups is 1. The summed E-state index contributed by atoms with van der Waals surface area (Å²) in [7, 11) is 3.82. The number of halogens is 1. The Hall–Kier alpha value is -1.65. The van der Waals surface area contributed by atoms with Crippen molar-refractivity contribution >= 4 is 29.9 Å². The quantitative estimate of drug-likeness (QED) is 0.410. The third kappa shape index (κ3) is 4.44. The molecule has 148 valence electrons. The summed E-state index contributed by atoms with van der Waals surface area (Å²) in [6.45, 7) is 3.69. The second-order valence-electron chi connectivity index (χ2n) is 7.27. The summed E-state index contributed by atoms with van der Waals surface area (Å²) < 4.78 is 4.16. The van der Waals surface area contributed by atoms with E-state index in [1.807, 2.05) is 25.0 Å². The summed E-state index contributed by atoms with van der Waals surface area (Å²) in [5.41, 5.74) is 1.31. The molecule has 1 atom stereocenters. The molecule has 1 fully saturated rings. The summed E-state index contributed by atoms with van der Waals surface area (Å²) in [5, 5.41) is 16.6. The molecular formula is C18H29IN8. The van der Waals surface area contributed by atoms with Gasteiger partial charge in [-0.1, -0.05) is 6.42 Å². The zero-order chi connectivity index (χ0) is 17.9. The summed E-state index contributed by atoms with van der Waals surface area (Å²) in [4.78, 5) is 6.82. The lowest BCUT2D eigenvalue weighted by Crippen LogP contribution is -2.40. The van der Waals surface area contributed by atoms with Gasteiger partial charge in [0.2, 0.25) is 0 Å². The first-order chi connectivity index (χ1) is 12.7. The lowest BCUT2D eigenvalue weighted by molar-refractivity contribution is 0.481. The second-order valence-corrected chi connectivity index (χ2v) is 7.27. The van der Waals surface area contributed by atoms with E-state index in [1.54, 1.807) is 0 Å². The van der Waals surface area contributed by atoms with Gasteiger partial charge in [-0.3, -0.25) is 9.67 Å². The first kappa shape index (κ1) is 20.1. The molecule has 0 spiro atoms. The normalized spacial score (nSPS) is 20.1. The van der Waals surface area contributed by atoms with E-state index in [4.69, 9.17) is 0 Å². The summed E-state index contributed by atoms with van der Waals surface area (Å²) in [6, 6.07) is 0. The van der Waals surface area contributed by atoms with Crippen LogP contribution in [0.25, 0.3) is 0 Å². The molecule has 0 amide bonds. The first-order valence-electron chi connectivity index (χ1n) is 9.59. The number of aliphatic imine (C=N–C) groups is 1. The summed E-state index contributed by atoms with van der Waals surface area (Å²) in [5.74, 6) is 3.62. The average molecular weight is 484 g/mol. The van der Waals surface area contributed by atoms with Crippen LogP contribution in [-0.2, 0) is 26.6 Å². The second kappa shape index (κ2) is 9.03. The average Bonchev–Trinajstić information content (AvgIpc) is 3.34. The molecular weight excluding hydrogens is 455 g/mol. The molecule has 0 bridgehead atoms. The van der Waals surface area contributed by atoms with Gasteiger partial charge in [0.05, 0.1) is 12.7 Å². The highest BCUT2D eigenvalue weighted by atomic mass is 127. The first-order valence-corrected chi connectivity index (χ1v) is 9.59. The Morgan fingerprint density at radius 3 is 2.93 bits per heavy atom. The van der Waals surface area contributed by atoms with E-state index in [2.05, 4.69) is 41.3 Å². The summed E-state index contributed by atoms with van der Waals surface area (Å²) >= 11 is 0. The number of aromatic nitrogens is 5. The zero-order valence-electron chi connectivity index (χ0n) is 16.1. The van der Waals surface area contributed by atoms with Crippen molar-refractivity contribution in [3.8, 4) is 0 Å². The van der Waals surface area contributed by atoms with E-state index in [-0.39, 0.29) is 24.0 Å². The fourth-order valence-electron chi connectivity index (χ4n) is 4.04. The van der Waals surface area contributed by atoms with E-state index < -0.39 is 0 Å². The maximum absolute atomic E-state index is 4.49. The van der Waals surface area contributed by atoms with Gasteiger partial charge >= 0.3 is 0 Å². The van der Waals surface area contributed by atoms with Gasteiger partial charge in [0.25, 0.3) is 0 Å². The third-order valence-electron chi connectivity index (χ3n) is 5.49. The van der Waals surface area contributed by atoms with Gasteiger partial charge in [-0.25, -0.2) is 0 Å². The fourth-order valence-corrected chi connectivity index (χ4v) is 4.04. The van der Waals surface area contributed by atoms with Crippen molar-refractivity contribution in [3.63, 3.8) is 0 Å². The van der Waals surface area contributed by atoms with Gasteiger partial charge in [-0.2, -0.15) is 5.10 Å². The van der Waals surface area contributed by atoms with E-state index in [9.17, 15) is 0 Å². The number of rotatable bonds is 3. The molecule has 2 aromatic heterocycles. The Morgan fingerprint density at radius 2 is 2.15 bits per heavy atom. The van der Waals surface area contributed by atoms with E-state index >= 15 is 0 Å². The van der Waals surface area contributed by atoms with Crippen LogP contribution in [0.4, 0.5) is 0 Å². The van der Waals surface area contributed by atoms with Gasteiger partial charge in [0.15, 0.2) is 11.8 Å². The van der Waals surface area contributed by atoms with Crippen molar-refractivity contribution in [2.45, 2.75) is 51.1 Å². The van der Waals surface area contributed by atoms with Gasteiger partial charge in [-0.15, -0.1) is 34.2 Å². The Kier molecular flexibility index (Phi) is 6.72. The molecule has 1 unspecified atom stereocenters. The van der Waals surface area contributed by atoms with Gasteiger partial charge in [0.1, 0.15) is 5.82 Å². The topological polar surface area (TPSA) is 76.2 Å². The molecule has 2 aromatic rings. The number of nitrogens with zero attached hydrogens (tertiary/aromatic N) is 7. The number of hydrogen-bond donors (Lipinski definition) is 1. The number of nitrogens with one attached hydrogen (secondary N) is 1. The van der Waals surface area contributed by atoms with Crippen molar-refractivity contribution in [1.29, 1.82) is 0 Å². The van der Waals surface area contributed by atoms with Crippen LogP contribution in [0, 0.1) is 0 Å². The molecule has 8 nitrogen and oxygen atoms in total. The van der Waals surface area contributed by atoms with E-state index in [0.29, 0.717) is 12.5 Å². The van der Waals surface area contributed by atoms with Gasteiger partial charge in [0, 0.05) is 52.3 Å². The maximum atomic E-state index is 4.49. The highest BCUT2D eigenvalue weighted by molar-refractivity contribution is 14.0. The molecule has 0 aromatic carbocycles. The fraction of sp³-hybridized carbons (Fsp3) is 0.667. The SMILES string of the molecule is CN=C(NCc1nnc2n1CCCCC2)N1CCC(c2cnn(C)c2)C1.I. The van der Waals surface area contributed by atoms with Gasteiger partial charge in [-0.05, 0) is 24.8 Å². The highest BCUT2D eigenvalue weighted by Crippen LogP contribution is 2.26. The third-order valence-corrected chi connectivity index (χ3v) is 5.49. The number of aryl methyl sites for hydroxylation is 2. The van der Waals surface area contributed by atoms with Crippen molar-refractivity contribution in [2.24, 2.45) is 12.0 Å². The van der Waals surface area contributed by atoms with Gasteiger partial charge < -0.3 is 14.8 Å². The predicted molar refractivity (Wildman–Crippen MR) is 115 cm³/mol. The molecule has 1 saturated heterocycles. The van der Waals surface area contributed by atoms with Crippen LogP contribution in [0.5, 0.6) is 0 Å². The largest absolute Gasteiger partial charge is 0.349 e. The predicted octanol–water partition coefficient (Wildman–Crippen LogP) is 1.92. The molecule has 0 radical (unpaired) electrons. The lowest BCUT2D eigenvalue weighted by atomic mass is 10.0. The smallest absolute Gasteiger partial charge is 0.194 e. The molecule has 0 aliphatic carbocycles. The Morgan fingerprint density at radius 1 is 1.26 bits per heavy atom. The molecule has 4 heterocycles. The van der Waals surface area contributed by atoms with Crippen LogP contribution in [0.15, 0.2) is 17.4 Å². The molecule has 1 N–H and O–H groups in total. The number of hydrogen-bond acceptors (Lipinski definition) is 4. The van der Waals surface area contributed by atoms with Crippen molar-refractivity contribution < 1.29 is 0 Å². The monoisotopic (exact) mass is 484 g/mol. The molecule has 27 heavy (non-hydrogen) atoms. The minimum absolute atomic E-state index is 0. The highest BCUT2D eigenvalue weighted by Gasteiger charge is 2.27. The van der Waals surface area contributed by atoms with Crippen LogP contribution < -0.4 is 5.32 Å². The molecule has 9 heteroatoms. The minimum atomic E-state index is 0. The van der Waals surface area contributed by atoms with Crippen LogP contribution >= 0.6 is 24.0 Å². The van der Waals surface area contributed by atoms with Crippen LogP contribution in [-0.4, -0.2) is 55.5 Å². The maximum Gasteiger partial charge on any atom is 0.194 e. The van der Waals surface area contributed by atoms with E-state index in [0.717, 1.165) is 50.1 Å². The van der Waals surface area contributed by atoms with Crippen molar-refractivity contribution in [2.75, 3.05) is 20.1 Å². The van der Waals surface area contributed by atoms with Crippen molar-refractivity contribution in [3.05, 3.63) is 29.6 Å².